The average molecular weight is 360 g/mol. The molecule has 0 aliphatic carbocycles. The summed E-state index contributed by atoms with van der Waals surface area (Å²) in [6.07, 6.45) is 0. The molecule has 1 N–H and O–H groups in total. The summed E-state index contributed by atoms with van der Waals surface area (Å²) in [7, 11) is -3.19. The van der Waals surface area contributed by atoms with E-state index in [1.807, 2.05) is 0 Å². The summed E-state index contributed by atoms with van der Waals surface area (Å²) in [6, 6.07) is 1.89. The molecule has 0 bridgehead atoms. The summed E-state index contributed by atoms with van der Waals surface area (Å²) < 4.78 is 55.9. The summed E-state index contributed by atoms with van der Waals surface area (Å²) in [5.41, 5.74) is 0.146. The number of hydrogen-bond acceptors (Lipinski definition) is 5. The lowest BCUT2D eigenvalue weighted by atomic mass is 10.1. The van der Waals surface area contributed by atoms with E-state index in [0.29, 0.717) is 13.1 Å². The highest BCUT2D eigenvalue weighted by molar-refractivity contribution is 7.91. The Labute approximate surface area is 138 Å². The van der Waals surface area contributed by atoms with Crippen molar-refractivity contribution >= 4 is 15.7 Å². The lowest BCUT2D eigenvalue weighted by molar-refractivity contribution is -0.136. The number of aryl methyl sites for hydroxylation is 1. The van der Waals surface area contributed by atoms with Gasteiger partial charge in [-0.1, -0.05) is 6.07 Å². The SMILES string of the molecule is Cc1ccc(OCC(=O)N2CCN[C@@H]3CS(=O)(=O)C[C@@H]32)c(F)c1F. The maximum absolute atomic E-state index is 13.8. The van der Waals surface area contributed by atoms with Crippen LogP contribution in [0.4, 0.5) is 8.78 Å². The third-order valence-electron chi connectivity index (χ3n) is 4.39. The Balaban J connectivity index is 1.68. The molecule has 0 unspecified atom stereocenters. The normalized spacial score (nSPS) is 25.4. The van der Waals surface area contributed by atoms with Crippen LogP contribution in [0.25, 0.3) is 0 Å². The zero-order valence-electron chi connectivity index (χ0n) is 13.1. The highest BCUT2D eigenvalue weighted by atomic mass is 32.2. The van der Waals surface area contributed by atoms with E-state index in [1.165, 1.54) is 24.0 Å². The van der Waals surface area contributed by atoms with Crippen LogP contribution < -0.4 is 10.1 Å². The number of rotatable bonds is 3. The fraction of sp³-hybridized carbons (Fsp3) is 0.533. The Bertz CT molecular complexity index is 769. The number of nitrogens with one attached hydrogen (secondary N) is 1. The van der Waals surface area contributed by atoms with Crippen LogP contribution in [0.2, 0.25) is 0 Å². The van der Waals surface area contributed by atoms with Gasteiger partial charge < -0.3 is 15.0 Å². The summed E-state index contributed by atoms with van der Waals surface area (Å²) in [4.78, 5) is 13.8. The smallest absolute Gasteiger partial charge is 0.260 e. The number of nitrogens with zero attached hydrogens (tertiary/aromatic N) is 1. The number of halogens is 2. The zero-order chi connectivity index (χ0) is 17.5. The van der Waals surface area contributed by atoms with Gasteiger partial charge in [0.05, 0.1) is 17.5 Å². The summed E-state index contributed by atoms with van der Waals surface area (Å²) in [6.45, 7) is 1.79. The molecule has 1 aromatic rings. The Morgan fingerprint density at radius 3 is 2.83 bits per heavy atom. The fourth-order valence-electron chi connectivity index (χ4n) is 3.14. The minimum Gasteiger partial charge on any atom is -0.481 e. The first-order chi connectivity index (χ1) is 11.3. The zero-order valence-corrected chi connectivity index (χ0v) is 13.9. The van der Waals surface area contributed by atoms with Gasteiger partial charge in [0.25, 0.3) is 5.91 Å². The summed E-state index contributed by atoms with van der Waals surface area (Å²) >= 11 is 0. The lowest BCUT2D eigenvalue weighted by Crippen LogP contribution is -2.59. The van der Waals surface area contributed by atoms with Gasteiger partial charge in [-0.05, 0) is 18.6 Å². The molecule has 2 heterocycles. The number of sulfone groups is 1. The quantitative estimate of drug-likeness (QED) is 0.836. The first-order valence-corrected chi connectivity index (χ1v) is 9.41. The third-order valence-corrected chi connectivity index (χ3v) is 6.11. The van der Waals surface area contributed by atoms with E-state index >= 15 is 0 Å². The van der Waals surface area contributed by atoms with Crippen molar-refractivity contribution in [1.29, 1.82) is 0 Å². The summed E-state index contributed by atoms with van der Waals surface area (Å²) in [5, 5.41) is 3.09. The van der Waals surface area contributed by atoms with E-state index in [9.17, 15) is 22.0 Å². The number of carbonyl (C=O) groups excluding carboxylic acids is 1. The minimum absolute atomic E-state index is 0.000104. The molecule has 132 valence electrons. The number of benzene rings is 1. The van der Waals surface area contributed by atoms with E-state index in [-0.39, 0.29) is 28.9 Å². The second kappa shape index (κ2) is 6.29. The standard InChI is InChI=1S/C15H18F2N2O4S/c1-9-2-3-12(15(17)14(9)16)23-6-13(20)19-5-4-18-10-7-24(21,22)8-11(10)19/h2-3,10-11,18H,4-8H2,1H3/t10-,11+/m1/s1. The van der Waals surface area contributed by atoms with Crippen LogP contribution in [0, 0.1) is 18.6 Å². The number of ether oxygens (including phenoxy) is 1. The number of hydrogen-bond donors (Lipinski definition) is 1. The second-order valence-electron chi connectivity index (χ2n) is 6.09. The predicted octanol–water partition coefficient (Wildman–Crippen LogP) is 0.249. The van der Waals surface area contributed by atoms with Crippen molar-refractivity contribution in [2.24, 2.45) is 0 Å². The fourth-order valence-corrected chi connectivity index (χ4v) is 5.10. The van der Waals surface area contributed by atoms with Gasteiger partial charge in [0.1, 0.15) is 0 Å². The number of piperazine rings is 1. The molecule has 0 saturated carbocycles. The maximum Gasteiger partial charge on any atom is 0.260 e. The molecule has 0 radical (unpaired) electrons. The minimum atomic E-state index is -3.19. The molecule has 2 fully saturated rings. The Morgan fingerprint density at radius 2 is 2.08 bits per heavy atom. The molecule has 3 rings (SSSR count). The molecule has 0 spiro atoms. The molecule has 24 heavy (non-hydrogen) atoms. The van der Waals surface area contributed by atoms with Crippen LogP contribution in [0.1, 0.15) is 5.56 Å². The first-order valence-electron chi connectivity index (χ1n) is 7.59. The van der Waals surface area contributed by atoms with Crippen LogP contribution >= 0.6 is 0 Å². The molecular formula is C15H18F2N2O4S. The molecule has 1 amide bonds. The van der Waals surface area contributed by atoms with Crippen molar-refractivity contribution in [2.75, 3.05) is 31.2 Å². The van der Waals surface area contributed by atoms with Gasteiger partial charge in [-0.25, -0.2) is 12.8 Å². The third kappa shape index (κ3) is 3.23. The maximum atomic E-state index is 13.8. The monoisotopic (exact) mass is 360 g/mol. The molecule has 0 aromatic heterocycles. The van der Waals surface area contributed by atoms with Crippen LogP contribution in [-0.2, 0) is 14.6 Å². The second-order valence-corrected chi connectivity index (χ2v) is 8.24. The van der Waals surface area contributed by atoms with E-state index in [0.717, 1.165) is 0 Å². The number of amides is 1. The molecule has 2 aliphatic rings. The lowest BCUT2D eigenvalue weighted by Gasteiger charge is -2.37. The first kappa shape index (κ1) is 17.1. The number of fused-ring (bicyclic) bond motifs is 1. The van der Waals surface area contributed by atoms with Crippen LogP contribution in [0.5, 0.6) is 5.75 Å². The van der Waals surface area contributed by atoms with Gasteiger partial charge in [-0.15, -0.1) is 0 Å². The van der Waals surface area contributed by atoms with Crippen LogP contribution in [0.3, 0.4) is 0 Å². The van der Waals surface area contributed by atoms with E-state index < -0.39 is 40.0 Å². The largest absolute Gasteiger partial charge is 0.481 e. The molecular weight excluding hydrogens is 342 g/mol. The highest BCUT2D eigenvalue weighted by Gasteiger charge is 2.44. The van der Waals surface area contributed by atoms with Crippen LogP contribution in [-0.4, -0.2) is 62.5 Å². The number of carbonyl (C=O) groups is 1. The molecule has 2 atom stereocenters. The molecule has 1 aromatic carbocycles. The average Bonchev–Trinajstić information content (AvgIpc) is 2.85. The van der Waals surface area contributed by atoms with Crippen molar-refractivity contribution in [1.82, 2.24) is 10.2 Å². The Morgan fingerprint density at radius 1 is 1.33 bits per heavy atom. The van der Waals surface area contributed by atoms with Gasteiger partial charge in [0.2, 0.25) is 5.82 Å². The van der Waals surface area contributed by atoms with Crippen molar-refractivity contribution in [3.63, 3.8) is 0 Å². The van der Waals surface area contributed by atoms with Crippen LogP contribution in [0.15, 0.2) is 12.1 Å². The van der Waals surface area contributed by atoms with Gasteiger partial charge >= 0.3 is 0 Å². The molecule has 2 saturated heterocycles. The highest BCUT2D eigenvalue weighted by Crippen LogP contribution is 2.24. The topological polar surface area (TPSA) is 75.7 Å². The van der Waals surface area contributed by atoms with Crippen molar-refractivity contribution < 1.29 is 26.7 Å². The van der Waals surface area contributed by atoms with Crippen molar-refractivity contribution in [2.45, 2.75) is 19.0 Å². The Hall–Kier alpha value is -1.74. The van der Waals surface area contributed by atoms with E-state index in [2.05, 4.69) is 5.32 Å². The predicted molar refractivity (Wildman–Crippen MR) is 82.5 cm³/mol. The van der Waals surface area contributed by atoms with Crippen molar-refractivity contribution in [3.05, 3.63) is 29.3 Å². The molecule has 2 aliphatic heterocycles. The van der Waals surface area contributed by atoms with E-state index in [4.69, 9.17) is 4.74 Å². The van der Waals surface area contributed by atoms with Gasteiger partial charge in [0.15, 0.2) is 28.0 Å². The van der Waals surface area contributed by atoms with Gasteiger partial charge in [-0.3, -0.25) is 4.79 Å². The summed E-state index contributed by atoms with van der Waals surface area (Å²) in [5.74, 6) is -3.01. The molecule has 9 heteroatoms. The van der Waals surface area contributed by atoms with Gasteiger partial charge in [0, 0.05) is 19.1 Å². The Kier molecular flexibility index (Phi) is 4.48. The van der Waals surface area contributed by atoms with Crippen molar-refractivity contribution in [3.8, 4) is 5.75 Å². The van der Waals surface area contributed by atoms with Gasteiger partial charge in [-0.2, -0.15) is 4.39 Å². The molecule has 6 nitrogen and oxygen atoms in total. The van der Waals surface area contributed by atoms with E-state index in [1.54, 1.807) is 0 Å².